The van der Waals surface area contributed by atoms with Crippen molar-refractivity contribution in [3.05, 3.63) is 27.8 Å². The van der Waals surface area contributed by atoms with Gasteiger partial charge in [-0.2, -0.15) is 0 Å². The zero-order valence-corrected chi connectivity index (χ0v) is 12.4. The molecule has 0 unspecified atom stereocenters. The third-order valence-electron chi connectivity index (χ3n) is 3.73. The number of nitrogens with zero attached hydrogens (tertiary/aromatic N) is 2. The maximum atomic E-state index is 11.2. The molecule has 1 aromatic carbocycles. The van der Waals surface area contributed by atoms with E-state index >= 15 is 0 Å². The van der Waals surface area contributed by atoms with Crippen molar-refractivity contribution in [1.82, 2.24) is 0 Å². The summed E-state index contributed by atoms with van der Waals surface area (Å²) in [5, 5.41) is 11.2. The quantitative estimate of drug-likeness (QED) is 0.474. The van der Waals surface area contributed by atoms with E-state index in [4.69, 9.17) is 9.47 Å². The van der Waals surface area contributed by atoms with Crippen molar-refractivity contribution in [1.29, 1.82) is 0 Å². The van der Waals surface area contributed by atoms with Crippen LogP contribution in [0.1, 0.15) is 37.7 Å². The second-order valence-electron chi connectivity index (χ2n) is 5.09. The van der Waals surface area contributed by atoms with E-state index in [9.17, 15) is 10.1 Å². The van der Waals surface area contributed by atoms with E-state index in [2.05, 4.69) is 4.99 Å². The van der Waals surface area contributed by atoms with Gasteiger partial charge in [-0.25, -0.2) is 0 Å². The lowest BCUT2D eigenvalue weighted by Crippen LogP contribution is -2.10. The molecule has 1 fully saturated rings. The van der Waals surface area contributed by atoms with Gasteiger partial charge >= 0.3 is 0 Å². The number of benzene rings is 1. The Bertz CT molecular complexity index is 537. The minimum Gasteiger partial charge on any atom is -0.493 e. The number of methoxy groups -OCH3 is 2. The normalized spacial score (nSPS) is 16.1. The van der Waals surface area contributed by atoms with Crippen molar-refractivity contribution < 1.29 is 14.4 Å². The van der Waals surface area contributed by atoms with Crippen molar-refractivity contribution >= 4 is 11.9 Å². The third-order valence-corrected chi connectivity index (χ3v) is 3.73. The van der Waals surface area contributed by atoms with Crippen molar-refractivity contribution in [2.45, 2.75) is 38.1 Å². The molecule has 0 spiro atoms. The van der Waals surface area contributed by atoms with E-state index in [1.807, 2.05) is 0 Å². The predicted molar refractivity (Wildman–Crippen MR) is 80.7 cm³/mol. The molecule has 6 nitrogen and oxygen atoms in total. The van der Waals surface area contributed by atoms with Crippen LogP contribution in [0, 0.1) is 10.1 Å². The summed E-state index contributed by atoms with van der Waals surface area (Å²) in [6.45, 7) is 0. The number of aliphatic imine (C=N–C) groups is 1. The van der Waals surface area contributed by atoms with Crippen LogP contribution in [0.15, 0.2) is 17.1 Å². The first-order valence-electron chi connectivity index (χ1n) is 7.09. The lowest BCUT2D eigenvalue weighted by molar-refractivity contribution is -0.385. The first kappa shape index (κ1) is 15.3. The van der Waals surface area contributed by atoms with Crippen LogP contribution < -0.4 is 9.47 Å². The maximum Gasteiger partial charge on any atom is 0.282 e. The van der Waals surface area contributed by atoms with Crippen LogP contribution in [0.5, 0.6) is 11.5 Å². The minimum absolute atomic E-state index is 0.0211. The van der Waals surface area contributed by atoms with Gasteiger partial charge in [-0.15, -0.1) is 0 Å². The monoisotopic (exact) mass is 292 g/mol. The molecule has 2 rings (SSSR count). The molecule has 1 aliphatic carbocycles. The van der Waals surface area contributed by atoms with Crippen molar-refractivity contribution in [3.63, 3.8) is 0 Å². The fourth-order valence-electron chi connectivity index (χ4n) is 2.56. The summed E-state index contributed by atoms with van der Waals surface area (Å²) in [6, 6.07) is 3.25. The molecule has 21 heavy (non-hydrogen) atoms. The van der Waals surface area contributed by atoms with Crippen LogP contribution in [0.2, 0.25) is 0 Å². The van der Waals surface area contributed by atoms with Crippen LogP contribution in [-0.4, -0.2) is 31.4 Å². The van der Waals surface area contributed by atoms with Crippen LogP contribution in [0.3, 0.4) is 0 Å². The lowest BCUT2D eigenvalue weighted by Gasteiger charge is -2.17. The molecular weight excluding hydrogens is 272 g/mol. The first-order chi connectivity index (χ1) is 10.2. The predicted octanol–water partition coefficient (Wildman–Crippen LogP) is 3.36. The highest BCUT2D eigenvalue weighted by Crippen LogP contribution is 2.34. The van der Waals surface area contributed by atoms with Gasteiger partial charge < -0.3 is 9.47 Å². The number of rotatable bonds is 5. The molecule has 6 heteroatoms. The van der Waals surface area contributed by atoms with E-state index in [-0.39, 0.29) is 11.7 Å². The number of nitro benzene ring substituents is 1. The summed E-state index contributed by atoms with van der Waals surface area (Å²) in [6.07, 6.45) is 7.31. The largest absolute Gasteiger partial charge is 0.493 e. The highest BCUT2D eigenvalue weighted by Gasteiger charge is 2.19. The molecule has 0 aromatic heterocycles. The molecule has 0 aliphatic heterocycles. The number of ether oxygens (including phenoxy) is 2. The SMILES string of the molecule is COc1cc(C=NC2CCCCC2)c([N+](=O)[O-])cc1OC. The summed E-state index contributed by atoms with van der Waals surface area (Å²) >= 11 is 0. The first-order valence-corrected chi connectivity index (χ1v) is 7.09. The van der Waals surface area contributed by atoms with Gasteiger partial charge in [0.25, 0.3) is 5.69 Å². The second kappa shape index (κ2) is 7.06. The Kier molecular flexibility index (Phi) is 5.14. The van der Waals surface area contributed by atoms with Gasteiger partial charge in [0, 0.05) is 12.3 Å². The van der Waals surface area contributed by atoms with Gasteiger partial charge in [-0.1, -0.05) is 19.3 Å². The maximum absolute atomic E-state index is 11.2. The summed E-state index contributed by atoms with van der Waals surface area (Å²) in [5.41, 5.74) is 0.426. The summed E-state index contributed by atoms with van der Waals surface area (Å²) < 4.78 is 10.3. The highest BCUT2D eigenvalue weighted by molar-refractivity contribution is 5.87. The molecule has 1 aromatic rings. The highest BCUT2D eigenvalue weighted by atomic mass is 16.6. The molecule has 0 amide bonds. The van der Waals surface area contributed by atoms with E-state index in [0.29, 0.717) is 17.1 Å². The molecule has 0 radical (unpaired) electrons. The average Bonchev–Trinajstić information content (AvgIpc) is 2.52. The molecule has 1 aliphatic rings. The Morgan fingerprint density at radius 3 is 2.38 bits per heavy atom. The van der Waals surface area contributed by atoms with E-state index in [0.717, 1.165) is 12.8 Å². The molecule has 0 bridgehead atoms. The lowest BCUT2D eigenvalue weighted by atomic mass is 9.96. The van der Waals surface area contributed by atoms with Gasteiger partial charge in [0.1, 0.15) is 0 Å². The second-order valence-corrected chi connectivity index (χ2v) is 5.09. The number of hydrogen-bond donors (Lipinski definition) is 0. The van der Waals surface area contributed by atoms with E-state index in [1.54, 1.807) is 12.3 Å². The molecule has 1 saturated carbocycles. The zero-order chi connectivity index (χ0) is 15.2. The molecule has 0 saturated heterocycles. The molecule has 114 valence electrons. The minimum atomic E-state index is -0.426. The Hall–Kier alpha value is -2.11. The fourth-order valence-corrected chi connectivity index (χ4v) is 2.56. The summed E-state index contributed by atoms with van der Waals surface area (Å²) in [5.74, 6) is 0.812. The Labute approximate surface area is 123 Å². The van der Waals surface area contributed by atoms with Gasteiger partial charge in [0.05, 0.1) is 30.8 Å². The topological polar surface area (TPSA) is 74.0 Å². The van der Waals surface area contributed by atoms with Gasteiger partial charge in [-0.3, -0.25) is 15.1 Å². The van der Waals surface area contributed by atoms with Gasteiger partial charge in [0.2, 0.25) is 0 Å². The zero-order valence-electron chi connectivity index (χ0n) is 12.4. The van der Waals surface area contributed by atoms with Crippen molar-refractivity contribution in [3.8, 4) is 11.5 Å². The smallest absolute Gasteiger partial charge is 0.282 e. The molecule has 0 atom stereocenters. The fraction of sp³-hybridized carbons (Fsp3) is 0.533. The number of nitro groups is 1. The van der Waals surface area contributed by atoms with E-state index < -0.39 is 4.92 Å². The van der Waals surface area contributed by atoms with Crippen LogP contribution >= 0.6 is 0 Å². The van der Waals surface area contributed by atoms with Gasteiger partial charge in [-0.05, 0) is 18.9 Å². The van der Waals surface area contributed by atoms with Gasteiger partial charge in [0.15, 0.2) is 11.5 Å². The number of hydrogen-bond acceptors (Lipinski definition) is 5. The summed E-state index contributed by atoms with van der Waals surface area (Å²) in [4.78, 5) is 15.3. The molecule has 0 heterocycles. The van der Waals surface area contributed by atoms with Crippen LogP contribution in [0.25, 0.3) is 0 Å². The Balaban J connectivity index is 2.31. The molecule has 0 N–H and O–H groups in total. The Morgan fingerprint density at radius 1 is 1.19 bits per heavy atom. The summed E-state index contributed by atoms with van der Waals surface area (Å²) in [7, 11) is 2.96. The van der Waals surface area contributed by atoms with Crippen molar-refractivity contribution in [2.75, 3.05) is 14.2 Å². The third kappa shape index (κ3) is 3.71. The molecular formula is C15H20N2O4. The van der Waals surface area contributed by atoms with Crippen LogP contribution in [0.4, 0.5) is 5.69 Å². The van der Waals surface area contributed by atoms with Crippen molar-refractivity contribution in [2.24, 2.45) is 4.99 Å². The van der Waals surface area contributed by atoms with Crippen LogP contribution in [-0.2, 0) is 0 Å². The Morgan fingerprint density at radius 2 is 1.81 bits per heavy atom. The van der Waals surface area contributed by atoms with E-state index in [1.165, 1.54) is 39.5 Å². The standard InChI is InChI=1S/C15H20N2O4/c1-20-14-8-11(10-16-12-6-4-3-5-7-12)13(17(18)19)9-15(14)21-2/h8-10,12H,3-7H2,1-2H3. The average molecular weight is 292 g/mol.